The Balaban J connectivity index is 1.83. The van der Waals surface area contributed by atoms with Crippen LogP contribution in [0.25, 0.3) is 0 Å². The summed E-state index contributed by atoms with van der Waals surface area (Å²) in [5, 5.41) is 8.95. The third-order valence-corrected chi connectivity index (χ3v) is 4.86. The Morgan fingerprint density at radius 1 is 1.43 bits per heavy atom. The number of hydrogen-bond donors (Lipinski definition) is 1. The topological polar surface area (TPSA) is 57.6 Å². The van der Waals surface area contributed by atoms with Gasteiger partial charge in [-0.15, -0.1) is 11.8 Å². The van der Waals surface area contributed by atoms with Gasteiger partial charge in [-0.1, -0.05) is 6.92 Å². The molecular formula is C15H18FNO3S. The van der Waals surface area contributed by atoms with Crippen molar-refractivity contribution in [3.05, 3.63) is 30.1 Å². The summed E-state index contributed by atoms with van der Waals surface area (Å²) in [4.78, 5) is 25.7. The Morgan fingerprint density at radius 3 is 2.67 bits per heavy atom. The van der Waals surface area contributed by atoms with E-state index in [0.717, 1.165) is 4.90 Å². The van der Waals surface area contributed by atoms with Gasteiger partial charge in [0.25, 0.3) is 0 Å². The predicted molar refractivity (Wildman–Crippen MR) is 78.6 cm³/mol. The van der Waals surface area contributed by atoms with Crippen LogP contribution in [0.5, 0.6) is 0 Å². The van der Waals surface area contributed by atoms with Crippen molar-refractivity contribution < 1.29 is 19.1 Å². The first-order valence-corrected chi connectivity index (χ1v) is 7.86. The molecule has 4 nitrogen and oxygen atoms in total. The maximum Gasteiger partial charge on any atom is 0.308 e. The molecule has 114 valence electrons. The lowest BCUT2D eigenvalue weighted by atomic mass is 10.1. The van der Waals surface area contributed by atoms with E-state index in [4.69, 9.17) is 5.11 Å². The molecule has 1 aliphatic rings. The van der Waals surface area contributed by atoms with Crippen LogP contribution in [0.3, 0.4) is 0 Å². The lowest BCUT2D eigenvalue weighted by Gasteiger charge is -2.20. The largest absolute Gasteiger partial charge is 0.481 e. The molecule has 1 fully saturated rings. The van der Waals surface area contributed by atoms with Crippen molar-refractivity contribution in [2.45, 2.75) is 18.2 Å². The first-order valence-electron chi connectivity index (χ1n) is 6.87. The SMILES string of the molecule is CC(CSc1ccc(F)cc1)C(=O)N1CCC(C(=O)O)C1. The Bertz CT molecular complexity index is 520. The van der Waals surface area contributed by atoms with Crippen molar-refractivity contribution in [3.8, 4) is 0 Å². The molecule has 0 aliphatic carbocycles. The third-order valence-electron chi connectivity index (χ3n) is 3.58. The van der Waals surface area contributed by atoms with Gasteiger partial charge in [-0.05, 0) is 30.7 Å². The molecule has 2 rings (SSSR count). The van der Waals surface area contributed by atoms with Gasteiger partial charge in [-0.3, -0.25) is 9.59 Å². The number of carboxylic acids is 1. The molecule has 0 aromatic heterocycles. The highest BCUT2D eigenvalue weighted by Crippen LogP contribution is 2.24. The van der Waals surface area contributed by atoms with Gasteiger partial charge in [0.05, 0.1) is 5.92 Å². The highest BCUT2D eigenvalue weighted by molar-refractivity contribution is 7.99. The number of benzene rings is 1. The summed E-state index contributed by atoms with van der Waals surface area (Å²) < 4.78 is 12.8. The normalized spacial score (nSPS) is 19.5. The standard InChI is InChI=1S/C15H18FNO3S/c1-10(9-21-13-4-2-12(16)3-5-13)14(18)17-7-6-11(8-17)15(19)20/h2-5,10-11H,6-9H2,1H3,(H,19,20). The number of nitrogens with zero attached hydrogens (tertiary/aromatic N) is 1. The molecule has 1 heterocycles. The molecule has 0 saturated carbocycles. The summed E-state index contributed by atoms with van der Waals surface area (Å²) in [7, 11) is 0. The van der Waals surface area contributed by atoms with E-state index in [0.29, 0.717) is 25.3 Å². The lowest BCUT2D eigenvalue weighted by Crippen LogP contribution is -2.35. The Morgan fingerprint density at radius 2 is 2.10 bits per heavy atom. The minimum absolute atomic E-state index is 0.00615. The first-order chi connectivity index (χ1) is 9.97. The summed E-state index contributed by atoms with van der Waals surface area (Å²) in [5.41, 5.74) is 0. The summed E-state index contributed by atoms with van der Waals surface area (Å²) in [6.45, 7) is 2.66. The van der Waals surface area contributed by atoms with Crippen LogP contribution in [-0.2, 0) is 9.59 Å². The number of hydrogen-bond acceptors (Lipinski definition) is 3. The molecule has 0 spiro atoms. The minimum Gasteiger partial charge on any atom is -0.481 e. The molecular weight excluding hydrogens is 293 g/mol. The molecule has 1 amide bonds. The summed E-state index contributed by atoms with van der Waals surface area (Å²) in [6.07, 6.45) is 0.527. The van der Waals surface area contributed by atoms with Crippen molar-refractivity contribution in [2.75, 3.05) is 18.8 Å². The molecule has 1 aliphatic heterocycles. The minimum atomic E-state index is -0.835. The number of amides is 1. The predicted octanol–water partition coefficient (Wildman–Crippen LogP) is 2.49. The smallest absolute Gasteiger partial charge is 0.308 e. The zero-order valence-corrected chi connectivity index (χ0v) is 12.6. The first kappa shape index (κ1) is 15.8. The number of carbonyl (C=O) groups excluding carboxylic acids is 1. The second-order valence-electron chi connectivity index (χ2n) is 5.27. The number of halogens is 1. The number of carboxylic acid groups (broad SMARTS) is 1. The highest BCUT2D eigenvalue weighted by atomic mass is 32.2. The number of likely N-dealkylation sites (tertiary alicyclic amines) is 1. The zero-order valence-electron chi connectivity index (χ0n) is 11.8. The summed E-state index contributed by atoms with van der Waals surface area (Å²) in [5.74, 6) is -1.15. The third kappa shape index (κ3) is 4.20. The van der Waals surface area contributed by atoms with Crippen LogP contribution in [0, 0.1) is 17.7 Å². The van der Waals surface area contributed by atoms with E-state index in [9.17, 15) is 14.0 Å². The highest BCUT2D eigenvalue weighted by Gasteiger charge is 2.32. The van der Waals surface area contributed by atoms with E-state index in [1.807, 2.05) is 6.92 Å². The van der Waals surface area contributed by atoms with Crippen LogP contribution in [0.1, 0.15) is 13.3 Å². The Labute approximate surface area is 127 Å². The number of carbonyl (C=O) groups is 2. The molecule has 1 saturated heterocycles. The molecule has 2 atom stereocenters. The second kappa shape index (κ2) is 6.93. The summed E-state index contributed by atoms with van der Waals surface area (Å²) in [6, 6.07) is 6.17. The Kier molecular flexibility index (Phi) is 5.22. The van der Waals surface area contributed by atoms with Crippen LogP contribution in [0.2, 0.25) is 0 Å². The van der Waals surface area contributed by atoms with Crippen LogP contribution in [0.4, 0.5) is 4.39 Å². The van der Waals surface area contributed by atoms with Gasteiger partial charge in [0.15, 0.2) is 0 Å². The van der Waals surface area contributed by atoms with E-state index in [1.54, 1.807) is 17.0 Å². The van der Waals surface area contributed by atoms with Crippen molar-refractivity contribution in [2.24, 2.45) is 11.8 Å². The molecule has 6 heteroatoms. The van der Waals surface area contributed by atoms with Gasteiger partial charge in [-0.25, -0.2) is 4.39 Å². The van der Waals surface area contributed by atoms with Gasteiger partial charge >= 0.3 is 5.97 Å². The van der Waals surface area contributed by atoms with Crippen molar-refractivity contribution in [1.82, 2.24) is 4.90 Å². The maximum atomic E-state index is 12.8. The molecule has 1 aromatic carbocycles. The van der Waals surface area contributed by atoms with Gasteiger partial charge < -0.3 is 10.0 Å². The van der Waals surface area contributed by atoms with Crippen molar-refractivity contribution in [1.29, 1.82) is 0 Å². The van der Waals surface area contributed by atoms with E-state index in [-0.39, 0.29) is 17.6 Å². The fraction of sp³-hybridized carbons (Fsp3) is 0.467. The van der Waals surface area contributed by atoms with Crippen LogP contribution in [0.15, 0.2) is 29.2 Å². The monoisotopic (exact) mass is 311 g/mol. The lowest BCUT2D eigenvalue weighted by molar-refractivity contribution is -0.141. The van der Waals surface area contributed by atoms with Crippen LogP contribution < -0.4 is 0 Å². The summed E-state index contributed by atoms with van der Waals surface area (Å²) >= 11 is 1.50. The van der Waals surface area contributed by atoms with Gasteiger partial charge in [0, 0.05) is 29.7 Å². The molecule has 1 aromatic rings. The van der Waals surface area contributed by atoms with Gasteiger partial charge in [0.1, 0.15) is 5.82 Å². The average molecular weight is 311 g/mol. The zero-order chi connectivity index (χ0) is 15.4. The Hall–Kier alpha value is -1.56. The number of aliphatic carboxylic acids is 1. The number of rotatable bonds is 5. The van der Waals surface area contributed by atoms with Crippen molar-refractivity contribution in [3.63, 3.8) is 0 Å². The van der Waals surface area contributed by atoms with Crippen LogP contribution in [-0.4, -0.2) is 40.7 Å². The van der Waals surface area contributed by atoms with E-state index < -0.39 is 11.9 Å². The van der Waals surface area contributed by atoms with Crippen LogP contribution >= 0.6 is 11.8 Å². The molecule has 21 heavy (non-hydrogen) atoms. The fourth-order valence-electron chi connectivity index (χ4n) is 2.30. The number of thioether (sulfide) groups is 1. The maximum absolute atomic E-state index is 12.8. The van der Waals surface area contributed by atoms with Gasteiger partial charge in [0.2, 0.25) is 5.91 Å². The second-order valence-corrected chi connectivity index (χ2v) is 6.37. The molecule has 0 radical (unpaired) electrons. The van der Waals surface area contributed by atoms with Gasteiger partial charge in [-0.2, -0.15) is 0 Å². The van der Waals surface area contributed by atoms with E-state index >= 15 is 0 Å². The molecule has 2 unspecified atom stereocenters. The van der Waals surface area contributed by atoms with Crippen molar-refractivity contribution >= 4 is 23.6 Å². The van der Waals surface area contributed by atoms with E-state index in [2.05, 4.69) is 0 Å². The average Bonchev–Trinajstić information content (AvgIpc) is 2.95. The fourth-order valence-corrected chi connectivity index (χ4v) is 3.21. The molecule has 0 bridgehead atoms. The molecule has 1 N–H and O–H groups in total. The quantitative estimate of drug-likeness (QED) is 0.849. The van der Waals surface area contributed by atoms with E-state index in [1.165, 1.54) is 23.9 Å².